The van der Waals surface area contributed by atoms with Gasteiger partial charge in [-0.2, -0.15) is 10.2 Å². The summed E-state index contributed by atoms with van der Waals surface area (Å²) >= 11 is 0. The summed E-state index contributed by atoms with van der Waals surface area (Å²) in [5.74, 6) is -0.0609. The second-order valence-electron chi connectivity index (χ2n) is 8.10. The first-order valence-corrected chi connectivity index (χ1v) is 10.1. The standard InChI is InChI=1S/C22H25FN4O4/c1-22(2,3)31-21(28)27-11-5-4-6-20(27)30-19-9-10-25-18(26-19)14-29-17-8-7-15(13-24)12-16(17)23/h7-10,12,20H,4-6,11,14H2,1-3H3. The van der Waals surface area contributed by atoms with E-state index in [0.29, 0.717) is 18.8 Å². The Morgan fingerprint density at radius 3 is 2.84 bits per heavy atom. The van der Waals surface area contributed by atoms with Crippen LogP contribution in [0.4, 0.5) is 9.18 Å². The highest BCUT2D eigenvalue weighted by Gasteiger charge is 2.32. The van der Waals surface area contributed by atoms with Crippen molar-refractivity contribution in [1.29, 1.82) is 5.26 Å². The summed E-state index contributed by atoms with van der Waals surface area (Å²) < 4.78 is 30.8. The Balaban J connectivity index is 1.65. The highest BCUT2D eigenvalue weighted by Crippen LogP contribution is 2.23. The van der Waals surface area contributed by atoms with Gasteiger partial charge in [0.25, 0.3) is 0 Å². The summed E-state index contributed by atoms with van der Waals surface area (Å²) in [5, 5.41) is 8.81. The van der Waals surface area contributed by atoms with Gasteiger partial charge in [0, 0.05) is 25.2 Å². The van der Waals surface area contributed by atoms with E-state index in [1.54, 1.807) is 11.0 Å². The minimum atomic E-state index is -0.637. The monoisotopic (exact) mass is 428 g/mol. The lowest BCUT2D eigenvalue weighted by molar-refractivity contribution is -0.0357. The molecule has 1 atom stereocenters. The Morgan fingerprint density at radius 1 is 1.32 bits per heavy atom. The first-order chi connectivity index (χ1) is 14.7. The topological polar surface area (TPSA) is 97.6 Å². The highest BCUT2D eigenvalue weighted by molar-refractivity contribution is 5.68. The van der Waals surface area contributed by atoms with E-state index < -0.39 is 23.7 Å². The van der Waals surface area contributed by atoms with Crippen LogP contribution < -0.4 is 9.47 Å². The number of hydrogen-bond acceptors (Lipinski definition) is 7. The van der Waals surface area contributed by atoms with Gasteiger partial charge in [0.2, 0.25) is 5.88 Å². The summed E-state index contributed by atoms with van der Waals surface area (Å²) in [6.07, 6.45) is 3.04. The van der Waals surface area contributed by atoms with Crippen LogP contribution in [-0.4, -0.2) is 39.3 Å². The molecule has 1 aliphatic rings. The fraction of sp³-hybridized carbons (Fsp3) is 0.455. The molecule has 0 spiro atoms. The molecule has 0 bridgehead atoms. The minimum absolute atomic E-state index is 0.00250. The van der Waals surface area contributed by atoms with Gasteiger partial charge in [-0.15, -0.1) is 0 Å². The van der Waals surface area contributed by atoms with Crippen molar-refractivity contribution in [3.63, 3.8) is 0 Å². The third-order valence-electron chi connectivity index (χ3n) is 4.43. The SMILES string of the molecule is CC(C)(C)OC(=O)N1CCCCC1Oc1ccnc(COc2ccc(C#N)cc2F)n1. The maximum Gasteiger partial charge on any atom is 0.413 e. The van der Waals surface area contributed by atoms with Gasteiger partial charge in [0.05, 0.1) is 11.6 Å². The number of hydrogen-bond donors (Lipinski definition) is 0. The largest absolute Gasteiger partial charge is 0.483 e. The van der Waals surface area contributed by atoms with Gasteiger partial charge in [-0.05, 0) is 51.8 Å². The predicted molar refractivity (Wildman–Crippen MR) is 109 cm³/mol. The first kappa shape index (κ1) is 22.3. The molecule has 164 valence electrons. The number of piperidine rings is 1. The van der Waals surface area contributed by atoms with Crippen molar-refractivity contribution in [3.8, 4) is 17.7 Å². The summed E-state index contributed by atoms with van der Waals surface area (Å²) in [6, 6.07) is 7.41. The van der Waals surface area contributed by atoms with Crippen molar-refractivity contribution < 1.29 is 23.4 Å². The van der Waals surface area contributed by atoms with E-state index in [1.165, 1.54) is 18.3 Å². The number of rotatable bonds is 5. The lowest BCUT2D eigenvalue weighted by Crippen LogP contribution is -2.48. The van der Waals surface area contributed by atoms with Crippen LogP contribution in [0, 0.1) is 17.1 Å². The maximum atomic E-state index is 14.0. The van der Waals surface area contributed by atoms with Gasteiger partial charge >= 0.3 is 6.09 Å². The van der Waals surface area contributed by atoms with Crippen molar-refractivity contribution in [2.24, 2.45) is 0 Å². The van der Waals surface area contributed by atoms with Crippen LogP contribution in [-0.2, 0) is 11.3 Å². The van der Waals surface area contributed by atoms with Crippen LogP contribution >= 0.6 is 0 Å². The number of nitriles is 1. The van der Waals surface area contributed by atoms with Crippen LogP contribution in [0.2, 0.25) is 0 Å². The normalized spacial score (nSPS) is 16.4. The fourth-order valence-corrected chi connectivity index (χ4v) is 3.04. The number of likely N-dealkylation sites (tertiary alicyclic amines) is 1. The second-order valence-corrected chi connectivity index (χ2v) is 8.10. The molecule has 31 heavy (non-hydrogen) atoms. The van der Waals surface area contributed by atoms with E-state index in [9.17, 15) is 9.18 Å². The molecule has 1 aliphatic heterocycles. The maximum absolute atomic E-state index is 14.0. The molecule has 2 heterocycles. The Kier molecular flexibility index (Phi) is 6.90. The zero-order chi connectivity index (χ0) is 22.4. The molecule has 1 unspecified atom stereocenters. The fourth-order valence-electron chi connectivity index (χ4n) is 3.04. The molecule has 1 aromatic heterocycles. The van der Waals surface area contributed by atoms with Crippen LogP contribution in [0.3, 0.4) is 0 Å². The number of halogens is 1. The van der Waals surface area contributed by atoms with Crippen molar-refractivity contribution >= 4 is 6.09 Å². The van der Waals surface area contributed by atoms with E-state index in [2.05, 4.69) is 9.97 Å². The quantitative estimate of drug-likeness (QED) is 0.704. The van der Waals surface area contributed by atoms with Gasteiger partial charge in [-0.3, -0.25) is 4.90 Å². The first-order valence-electron chi connectivity index (χ1n) is 10.1. The number of aromatic nitrogens is 2. The molecule has 0 saturated carbocycles. The molecule has 0 aliphatic carbocycles. The average Bonchev–Trinajstić information content (AvgIpc) is 2.72. The number of nitrogens with zero attached hydrogens (tertiary/aromatic N) is 4. The van der Waals surface area contributed by atoms with Crippen LogP contribution in [0.15, 0.2) is 30.5 Å². The summed E-state index contributed by atoms with van der Waals surface area (Å²) in [6.45, 7) is 5.91. The van der Waals surface area contributed by atoms with Crippen molar-refractivity contribution in [2.45, 2.75) is 58.5 Å². The molecule has 1 fully saturated rings. The molecular formula is C22H25FN4O4. The third-order valence-corrected chi connectivity index (χ3v) is 4.43. The number of benzene rings is 1. The van der Waals surface area contributed by atoms with Gasteiger partial charge in [0.15, 0.2) is 23.6 Å². The van der Waals surface area contributed by atoms with Gasteiger partial charge in [0.1, 0.15) is 12.2 Å². The number of ether oxygens (including phenoxy) is 3. The summed E-state index contributed by atoms with van der Waals surface area (Å²) in [5.41, 5.74) is -0.391. The molecule has 1 saturated heterocycles. The van der Waals surface area contributed by atoms with Gasteiger partial charge in [-0.25, -0.2) is 14.2 Å². The third kappa shape index (κ3) is 6.28. The Labute approximate surface area is 180 Å². The second kappa shape index (κ2) is 9.60. The van der Waals surface area contributed by atoms with E-state index in [-0.39, 0.29) is 23.8 Å². The average molecular weight is 428 g/mol. The van der Waals surface area contributed by atoms with Crippen LogP contribution in [0.25, 0.3) is 0 Å². The van der Waals surface area contributed by atoms with Gasteiger partial charge < -0.3 is 14.2 Å². The Hall–Kier alpha value is -3.41. The van der Waals surface area contributed by atoms with Gasteiger partial charge in [-0.1, -0.05) is 0 Å². The van der Waals surface area contributed by atoms with Crippen molar-refractivity contribution in [2.75, 3.05) is 6.54 Å². The molecule has 1 amide bonds. The molecular weight excluding hydrogens is 403 g/mol. The van der Waals surface area contributed by atoms with Crippen molar-refractivity contribution in [1.82, 2.24) is 14.9 Å². The zero-order valence-electron chi connectivity index (χ0n) is 17.8. The smallest absolute Gasteiger partial charge is 0.413 e. The van der Waals surface area contributed by atoms with E-state index in [1.807, 2.05) is 26.8 Å². The van der Waals surface area contributed by atoms with E-state index >= 15 is 0 Å². The molecule has 0 N–H and O–H groups in total. The highest BCUT2D eigenvalue weighted by atomic mass is 19.1. The molecule has 0 radical (unpaired) electrons. The number of amides is 1. The van der Waals surface area contributed by atoms with E-state index in [4.69, 9.17) is 19.5 Å². The Bertz CT molecular complexity index is 971. The Morgan fingerprint density at radius 2 is 2.13 bits per heavy atom. The predicted octanol–water partition coefficient (Wildman–Crippen LogP) is 4.19. The molecule has 3 rings (SSSR count). The lowest BCUT2D eigenvalue weighted by atomic mass is 10.1. The minimum Gasteiger partial charge on any atom is -0.483 e. The summed E-state index contributed by atoms with van der Waals surface area (Å²) in [7, 11) is 0. The zero-order valence-corrected chi connectivity index (χ0v) is 17.8. The summed E-state index contributed by atoms with van der Waals surface area (Å²) in [4.78, 5) is 22.5. The number of carbonyl (C=O) groups is 1. The molecule has 2 aromatic rings. The molecule has 9 heteroatoms. The van der Waals surface area contributed by atoms with Crippen LogP contribution in [0.5, 0.6) is 11.6 Å². The van der Waals surface area contributed by atoms with Crippen LogP contribution in [0.1, 0.15) is 51.4 Å². The van der Waals surface area contributed by atoms with E-state index in [0.717, 1.165) is 18.9 Å². The molecule has 1 aromatic carbocycles. The number of carbonyl (C=O) groups excluding carboxylic acids is 1. The molecule has 8 nitrogen and oxygen atoms in total. The lowest BCUT2D eigenvalue weighted by Gasteiger charge is -2.36. The van der Waals surface area contributed by atoms with Crippen molar-refractivity contribution in [3.05, 3.63) is 47.7 Å².